The molecule has 4 N–H and O–H groups in total. The molecule has 1 heterocycles. The number of nitrogens with zero attached hydrogens (tertiary/aromatic N) is 1. The maximum absolute atomic E-state index is 11.8. The van der Waals surface area contributed by atoms with Crippen molar-refractivity contribution in [3.05, 3.63) is 22.8 Å². The lowest BCUT2D eigenvalue weighted by atomic mass is 10.2. The highest BCUT2D eigenvalue weighted by molar-refractivity contribution is 6.33. The second kappa shape index (κ2) is 7.55. The molecule has 0 aliphatic rings. The third-order valence-electron chi connectivity index (χ3n) is 2.13. The number of carbonyl (C=O) groups is 2. The lowest BCUT2D eigenvalue weighted by Gasteiger charge is -2.08. The SMILES string of the molecule is CNc1cc(C(=O)NCCOCC(N)=O)c(Cl)cn1. The van der Waals surface area contributed by atoms with E-state index < -0.39 is 5.91 Å². The van der Waals surface area contributed by atoms with Crippen LogP contribution in [0.5, 0.6) is 0 Å². The lowest BCUT2D eigenvalue weighted by Crippen LogP contribution is -2.29. The predicted molar refractivity (Wildman–Crippen MR) is 71.1 cm³/mol. The van der Waals surface area contributed by atoms with Gasteiger partial charge in [-0.15, -0.1) is 0 Å². The summed E-state index contributed by atoms with van der Waals surface area (Å²) in [7, 11) is 1.69. The Bertz CT molecular complexity index is 467. The molecule has 2 amide bonds. The zero-order chi connectivity index (χ0) is 14.3. The highest BCUT2D eigenvalue weighted by Crippen LogP contribution is 2.17. The van der Waals surface area contributed by atoms with Crippen LogP contribution in [-0.2, 0) is 9.53 Å². The summed E-state index contributed by atoms with van der Waals surface area (Å²) < 4.78 is 4.91. The Balaban J connectivity index is 2.47. The van der Waals surface area contributed by atoms with Crippen LogP contribution in [0.2, 0.25) is 5.02 Å². The van der Waals surface area contributed by atoms with E-state index in [4.69, 9.17) is 22.1 Å². The topological polar surface area (TPSA) is 106 Å². The number of hydrogen-bond donors (Lipinski definition) is 3. The van der Waals surface area contributed by atoms with Gasteiger partial charge in [0.15, 0.2) is 0 Å². The van der Waals surface area contributed by atoms with E-state index in [9.17, 15) is 9.59 Å². The van der Waals surface area contributed by atoms with Crippen LogP contribution >= 0.6 is 11.6 Å². The summed E-state index contributed by atoms with van der Waals surface area (Å²) in [6.45, 7) is 0.270. The fourth-order valence-corrected chi connectivity index (χ4v) is 1.44. The van der Waals surface area contributed by atoms with Gasteiger partial charge in [-0.1, -0.05) is 11.6 Å². The standard InChI is InChI=1S/C11H15ClN4O3/c1-14-10-4-7(8(12)5-16-10)11(18)15-2-3-19-6-9(13)17/h4-5H,2-3,6H2,1H3,(H2,13,17)(H,14,16)(H,15,18). The number of pyridine rings is 1. The first-order valence-electron chi connectivity index (χ1n) is 5.52. The molecule has 0 aliphatic carbocycles. The molecule has 0 saturated heterocycles. The highest BCUT2D eigenvalue weighted by Gasteiger charge is 2.11. The molecule has 0 spiro atoms. The molecule has 0 fully saturated rings. The van der Waals surface area contributed by atoms with Crippen molar-refractivity contribution in [2.45, 2.75) is 0 Å². The van der Waals surface area contributed by atoms with Crippen LogP contribution in [0.4, 0.5) is 5.82 Å². The van der Waals surface area contributed by atoms with Gasteiger partial charge in [0.05, 0.1) is 17.2 Å². The summed E-state index contributed by atoms with van der Waals surface area (Å²) in [6.07, 6.45) is 1.39. The molecule has 0 atom stereocenters. The van der Waals surface area contributed by atoms with Gasteiger partial charge in [-0.25, -0.2) is 4.98 Å². The lowest BCUT2D eigenvalue weighted by molar-refractivity contribution is -0.122. The van der Waals surface area contributed by atoms with Gasteiger partial charge in [-0.2, -0.15) is 0 Å². The van der Waals surface area contributed by atoms with Crippen LogP contribution in [0.15, 0.2) is 12.3 Å². The minimum absolute atomic E-state index is 0.171. The maximum Gasteiger partial charge on any atom is 0.253 e. The number of nitrogens with one attached hydrogen (secondary N) is 2. The Morgan fingerprint density at radius 3 is 2.89 bits per heavy atom. The van der Waals surface area contributed by atoms with E-state index in [0.717, 1.165) is 0 Å². The first kappa shape index (κ1) is 15.2. The van der Waals surface area contributed by atoms with E-state index in [1.807, 2.05) is 0 Å². The molecular formula is C11H15ClN4O3. The van der Waals surface area contributed by atoms with Crippen LogP contribution in [0.1, 0.15) is 10.4 Å². The van der Waals surface area contributed by atoms with Crippen molar-refractivity contribution >= 4 is 29.2 Å². The average Bonchev–Trinajstić information content (AvgIpc) is 2.38. The Hall–Kier alpha value is -1.86. The normalized spacial score (nSPS) is 10.0. The van der Waals surface area contributed by atoms with Crippen molar-refractivity contribution in [3.8, 4) is 0 Å². The van der Waals surface area contributed by atoms with Crippen molar-refractivity contribution < 1.29 is 14.3 Å². The summed E-state index contributed by atoms with van der Waals surface area (Å²) >= 11 is 5.89. The smallest absolute Gasteiger partial charge is 0.253 e. The van der Waals surface area contributed by atoms with Crippen LogP contribution in [0, 0.1) is 0 Å². The van der Waals surface area contributed by atoms with E-state index in [1.165, 1.54) is 6.20 Å². The molecule has 19 heavy (non-hydrogen) atoms. The molecule has 1 aromatic heterocycles. The number of anilines is 1. The van der Waals surface area contributed by atoms with E-state index in [-0.39, 0.29) is 30.7 Å². The number of halogens is 1. The minimum Gasteiger partial charge on any atom is -0.373 e. The molecule has 0 unspecified atom stereocenters. The molecule has 0 saturated carbocycles. The van der Waals surface area contributed by atoms with Gasteiger partial charge < -0.3 is 21.1 Å². The van der Waals surface area contributed by atoms with Gasteiger partial charge in [0.2, 0.25) is 5.91 Å². The first-order valence-corrected chi connectivity index (χ1v) is 5.90. The second-order valence-electron chi connectivity index (χ2n) is 3.57. The van der Waals surface area contributed by atoms with Gasteiger partial charge in [-0.05, 0) is 6.07 Å². The number of primary amides is 1. The van der Waals surface area contributed by atoms with Crippen molar-refractivity contribution in [2.75, 3.05) is 32.1 Å². The summed E-state index contributed by atoms with van der Waals surface area (Å²) in [6, 6.07) is 1.54. The van der Waals surface area contributed by atoms with Gasteiger partial charge >= 0.3 is 0 Å². The summed E-state index contributed by atoms with van der Waals surface area (Å²) in [5.74, 6) is -0.353. The third-order valence-corrected chi connectivity index (χ3v) is 2.43. The Kier molecular flexibility index (Phi) is 6.04. The number of ether oxygens (including phenoxy) is 1. The Morgan fingerprint density at radius 1 is 1.53 bits per heavy atom. The number of amides is 2. The molecule has 1 rings (SSSR count). The zero-order valence-electron chi connectivity index (χ0n) is 10.4. The molecule has 104 valence electrons. The van der Waals surface area contributed by atoms with Crippen LogP contribution in [-0.4, -0.2) is 43.6 Å². The monoisotopic (exact) mass is 286 g/mol. The Morgan fingerprint density at radius 2 is 2.26 bits per heavy atom. The highest BCUT2D eigenvalue weighted by atomic mass is 35.5. The van der Waals surface area contributed by atoms with Crippen molar-refractivity contribution in [1.29, 1.82) is 0 Å². The summed E-state index contributed by atoms with van der Waals surface area (Å²) in [5, 5.41) is 5.68. The number of nitrogens with two attached hydrogens (primary N) is 1. The van der Waals surface area contributed by atoms with E-state index in [2.05, 4.69) is 15.6 Å². The van der Waals surface area contributed by atoms with E-state index in [0.29, 0.717) is 11.4 Å². The molecule has 0 radical (unpaired) electrons. The number of rotatable bonds is 7. The van der Waals surface area contributed by atoms with E-state index in [1.54, 1.807) is 13.1 Å². The van der Waals surface area contributed by atoms with Gasteiger partial charge in [-0.3, -0.25) is 9.59 Å². The molecule has 1 aromatic rings. The quantitative estimate of drug-likeness (QED) is 0.612. The van der Waals surface area contributed by atoms with Crippen molar-refractivity contribution in [2.24, 2.45) is 5.73 Å². The van der Waals surface area contributed by atoms with Gasteiger partial charge in [0, 0.05) is 19.8 Å². The number of aromatic nitrogens is 1. The van der Waals surface area contributed by atoms with Crippen LogP contribution < -0.4 is 16.4 Å². The minimum atomic E-state index is -0.554. The molecule has 0 aliphatic heterocycles. The third kappa shape index (κ3) is 5.11. The maximum atomic E-state index is 11.8. The summed E-state index contributed by atoms with van der Waals surface area (Å²) in [4.78, 5) is 26.2. The number of carbonyl (C=O) groups excluding carboxylic acids is 2. The zero-order valence-corrected chi connectivity index (χ0v) is 11.2. The fraction of sp³-hybridized carbons (Fsp3) is 0.364. The summed E-state index contributed by atoms with van der Waals surface area (Å²) in [5.41, 5.74) is 5.21. The second-order valence-corrected chi connectivity index (χ2v) is 3.98. The first-order chi connectivity index (χ1) is 9.04. The largest absolute Gasteiger partial charge is 0.373 e. The average molecular weight is 287 g/mol. The molecule has 0 bridgehead atoms. The van der Waals surface area contributed by atoms with Crippen LogP contribution in [0.3, 0.4) is 0 Å². The van der Waals surface area contributed by atoms with Gasteiger partial charge in [0.25, 0.3) is 5.91 Å². The van der Waals surface area contributed by atoms with Crippen molar-refractivity contribution in [3.63, 3.8) is 0 Å². The van der Waals surface area contributed by atoms with Gasteiger partial charge in [0.1, 0.15) is 12.4 Å². The molecule has 8 heteroatoms. The molecular weight excluding hydrogens is 272 g/mol. The fourth-order valence-electron chi connectivity index (χ4n) is 1.25. The Labute approximate surface area is 115 Å². The predicted octanol–water partition coefficient (Wildman–Crippen LogP) is 0.00840. The molecule has 7 nitrogen and oxygen atoms in total. The molecule has 0 aromatic carbocycles. The number of hydrogen-bond acceptors (Lipinski definition) is 5. The van der Waals surface area contributed by atoms with Crippen molar-refractivity contribution in [1.82, 2.24) is 10.3 Å². The van der Waals surface area contributed by atoms with Crippen LogP contribution in [0.25, 0.3) is 0 Å². The van der Waals surface area contributed by atoms with E-state index >= 15 is 0 Å².